The Balaban J connectivity index is 1.76. The van der Waals surface area contributed by atoms with Gasteiger partial charge in [0.25, 0.3) is 5.91 Å². The van der Waals surface area contributed by atoms with Crippen LogP contribution in [0.25, 0.3) is 5.65 Å². The van der Waals surface area contributed by atoms with Gasteiger partial charge in [0, 0.05) is 6.20 Å². The molecule has 3 aromatic rings. The van der Waals surface area contributed by atoms with E-state index in [0.717, 1.165) is 0 Å². The molecule has 0 aliphatic rings. The van der Waals surface area contributed by atoms with Gasteiger partial charge < -0.3 is 5.32 Å². The first-order chi connectivity index (χ1) is 11.6. The Morgan fingerprint density at radius 1 is 1.17 bits per heavy atom. The maximum atomic E-state index is 12.6. The summed E-state index contributed by atoms with van der Waals surface area (Å²) in [5, 5.41) is 15.3. The predicted octanol–water partition coefficient (Wildman–Crippen LogP) is 2.18. The van der Waals surface area contributed by atoms with Gasteiger partial charge in [0.2, 0.25) is 11.9 Å². The van der Waals surface area contributed by atoms with Gasteiger partial charge in [-0.15, -0.1) is 21.5 Å². The number of carbonyl (C=O) groups excluding carboxylic acids is 2. The fraction of sp³-hybridized carbons (Fsp3) is 0.250. The minimum Gasteiger partial charge on any atom is -0.339 e. The molecule has 0 saturated heterocycles. The van der Waals surface area contributed by atoms with Crippen molar-refractivity contribution in [3.8, 4) is 0 Å². The van der Waals surface area contributed by atoms with Gasteiger partial charge in [-0.25, -0.2) is 0 Å². The third kappa shape index (κ3) is 3.28. The van der Waals surface area contributed by atoms with E-state index in [9.17, 15) is 9.59 Å². The molecule has 0 aromatic carbocycles. The molecule has 0 spiro atoms. The smallest absolute Gasteiger partial charge is 0.262 e. The van der Waals surface area contributed by atoms with Gasteiger partial charge in [0.05, 0.1) is 4.88 Å². The monoisotopic (exact) mass is 343 g/mol. The average Bonchev–Trinajstić information content (AvgIpc) is 3.22. The zero-order chi connectivity index (χ0) is 17.1. The van der Waals surface area contributed by atoms with Gasteiger partial charge in [0.15, 0.2) is 5.65 Å². The first-order valence-electron chi connectivity index (χ1n) is 7.51. The third-order valence-corrected chi connectivity index (χ3v) is 4.40. The summed E-state index contributed by atoms with van der Waals surface area (Å²) in [6, 6.07) is 8.31. The first kappa shape index (κ1) is 16.1. The highest BCUT2D eigenvalue weighted by Crippen LogP contribution is 2.12. The Hall–Kier alpha value is -2.74. The lowest BCUT2D eigenvalue weighted by molar-refractivity contribution is -0.118. The Bertz CT molecular complexity index is 856. The van der Waals surface area contributed by atoms with Crippen molar-refractivity contribution in [3.63, 3.8) is 0 Å². The van der Waals surface area contributed by atoms with Gasteiger partial charge >= 0.3 is 0 Å². The summed E-state index contributed by atoms with van der Waals surface area (Å²) in [7, 11) is 0. The predicted molar refractivity (Wildman–Crippen MR) is 92.0 cm³/mol. The van der Waals surface area contributed by atoms with Crippen molar-refractivity contribution in [1.82, 2.24) is 19.9 Å². The van der Waals surface area contributed by atoms with Gasteiger partial charge in [-0.2, -0.15) is 0 Å². The summed E-state index contributed by atoms with van der Waals surface area (Å²) in [5.74, 6) is -0.335. The summed E-state index contributed by atoms with van der Waals surface area (Å²) >= 11 is 1.33. The van der Waals surface area contributed by atoms with Crippen LogP contribution in [0, 0.1) is 5.92 Å². The molecule has 0 aliphatic heterocycles. The van der Waals surface area contributed by atoms with Crippen LogP contribution in [0.5, 0.6) is 0 Å². The van der Waals surface area contributed by atoms with Crippen LogP contribution in [0.15, 0.2) is 41.9 Å². The molecule has 124 valence electrons. The molecule has 2 N–H and O–H groups in total. The number of anilines is 1. The highest BCUT2D eigenvalue weighted by Gasteiger charge is 2.26. The van der Waals surface area contributed by atoms with E-state index >= 15 is 0 Å². The number of fused-ring (bicyclic) bond motifs is 1. The number of pyridine rings is 1. The van der Waals surface area contributed by atoms with Gasteiger partial charge in [0.1, 0.15) is 6.04 Å². The minimum atomic E-state index is -0.671. The van der Waals surface area contributed by atoms with Crippen molar-refractivity contribution in [2.24, 2.45) is 5.92 Å². The lowest BCUT2D eigenvalue weighted by Gasteiger charge is -2.20. The Kier molecular flexibility index (Phi) is 4.57. The normalized spacial score (nSPS) is 12.3. The molecule has 1 atom stereocenters. The Morgan fingerprint density at radius 2 is 2.00 bits per heavy atom. The number of amides is 2. The van der Waals surface area contributed by atoms with E-state index in [1.165, 1.54) is 11.3 Å². The number of nitrogens with one attached hydrogen (secondary N) is 2. The van der Waals surface area contributed by atoms with Crippen LogP contribution in [0.4, 0.5) is 5.95 Å². The standard InChI is InChI=1S/C16H17N5O2S/c1-10(2)13(17-14(22)11-6-5-9-24-11)15(23)18-16-20-19-12-7-3-4-8-21(12)16/h3-10,13H,1-2H3,(H,17,22)(H,18,20,23)/t13-/m0/s1. The van der Waals surface area contributed by atoms with Crippen molar-refractivity contribution in [2.75, 3.05) is 5.32 Å². The SMILES string of the molecule is CC(C)[C@H](NC(=O)c1cccs1)C(=O)Nc1nnc2ccccn12. The Labute approximate surface area is 142 Å². The molecule has 0 bridgehead atoms. The molecule has 24 heavy (non-hydrogen) atoms. The molecule has 0 saturated carbocycles. The Morgan fingerprint density at radius 3 is 2.71 bits per heavy atom. The molecule has 3 rings (SSSR count). The van der Waals surface area contributed by atoms with E-state index in [4.69, 9.17) is 0 Å². The molecule has 7 nitrogen and oxygen atoms in total. The molecule has 0 unspecified atom stereocenters. The first-order valence-corrected chi connectivity index (χ1v) is 8.39. The summed E-state index contributed by atoms with van der Waals surface area (Å²) in [6.07, 6.45) is 1.76. The number of nitrogens with zero attached hydrogens (tertiary/aromatic N) is 3. The minimum absolute atomic E-state index is 0.0758. The number of rotatable bonds is 5. The summed E-state index contributed by atoms with van der Waals surface area (Å²) in [4.78, 5) is 25.4. The lowest BCUT2D eigenvalue weighted by Crippen LogP contribution is -2.47. The van der Waals surface area contributed by atoms with Crippen LogP contribution >= 0.6 is 11.3 Å². The van der Waals surface area contributed by atoms with Crippen molar-refractivity contribution < 1.29 is 9.59 Å². The van der Waals surface area contributed by atoms with E-state index < -0.39 is 6.04 Å². The highest BCUT2D eigenvalue weighted by molar-refractivity contribution is 7.12. The second-order valence-corrected chi connectivity index (χ2v) is 6.56. The summed E-state index contributed by atoms with van der Waals surface area (Å²) < 4.78 is 1.68. The number of carbonyl (C=O) groups is 2. The molecule has 2 amide bonds. The highest BCUT2D eigenvalue weighted by atomic mass is 32.1. The number of hydrogen-bond donors (Lipinski definition) is 2. The van der Waals surface area contributed by atoms with Crippen LogP contribution in [-0.2, 0) is 4.79 Å². The molecular formula is C16H17N5O2S. The molecule has 0 fully saturated rings. The van der Waals surface area contributed by atoms with E-state index in [-0.39, 0.29) is 17.7 Å². The molecule has 8 heteroatoms. The van der Waals surface area contributed by atoms with Gasteiger partial charge in [-0.3, -0.25) is 19.3 Å². The van der Waals surface area contributed by atoms with Crippen LogP contribution in [0.3, 0.4) is 0 Å². The van der Waals surface area contributed by atoms with Crippen LogP contribution in [-0.4, -0.2) is 32.5 Å². The largest absolute Gasteiger partial charge is 0.339 e. The molecular weight excluding hydrogens is 326 g/mol. The summed E-state index contributed by atoms with van der Waals surface area (Å²) in [6.45, 7) is 3.75. The number of aromatic nitrogens is 3. The van der Waals surface area contributed by atoms with Crippen LogP contribution in [0.2, 0.25) is 0 Å². The second-order valence-electron chi connectivity index (χ2n) is 5.61. The topological polar surface area (TPSA) is 88.4 Å². The quantitative estimate of drug-likeness (QED) is 0.743. The van der Waals surface area contributed by atoms with Crippen molar-refractivity contribution >= 4 is 34.7 Å². The fourth-order valence-electron chi connectivity index (χ4n) is 2.27. The average molecular weight is 343 g/mol. The zero-order valence-electron chi connectivity index (χ0n) is 13.3. The third-order valence-electron chi connectivity index (χ3n) is 3.53. The maximum Gasteiger partial charge on any atom is 0.262 e. The molecule has 0 aliphatic carbocycles. The molecule has 0 radical (unpaired) electrons. The van der Waals surface area contributed by atoms with Crippen molar-refractivity contribution in [3.05, 3.63) is 46.8 Å². The lowest BCUT2D eigenvalue weighted by atomic mass is 10.0. The van der Waals surface area contributed by atoms with E-state index in [1.807, 2.05) is 31.4 Å². The van der Waals surface area contributed by atoms with Gasteiger partial charge in [-0.05, 0) is 29.5 Å². The van der Waals surface area contributed by atoms with Crippen LogP contribution < -0.4 is 10.6 Å². The molecule has 3 aromatic heterocycles. The van der Waals surface area contributed by atoms with Gasteiger partial charge in [-0.1, -0.05) is 26.0 Å². The number of hydrogen-bond acceptors (Lipinski definition) is 5. The van der Waals surface area contributed by atoms with E-state index in [1.54, 1.807) is 28.8 Å². The summed E-state index contributed by atoms with van der Waals surface area (Å²) in [5.41, 5.74) is 0.636. The zero-order valence-corrected chi connectivity index (χ0v) is 14.1. The van der Waals surface area contributed by atoms with Crippen molar-refractivity contribution in [2.45, 2.75) is 19.9 Å². The number of thiophene rings is 1. The maximum absolute atomic E-state index is 12.6. The fourth-order valence-corrected chi connectivity index (χ4v) is 2.90. The van der Waals surface area contributed by atoms with E-state index in [2.05, 4.69) is 20.8 Å². The molecule has 3 heterocycles. The van der Waals surface area contributed by atoms with Crippen LogP contribution in [0.1, 0.15) is 23.5 Å². The van der Waals surface area contributed by atoms with E-state index in [0.29, 0.717) is 16.5 Å². The van der Waals surface area contributed by atoms with Crippen molar-refractivity contribution in [1.29, 1.82) is 0 Å². The second kappa shape index (κ2) is 6.79.